The lowest BCUT2D eigenvalue weighted by Gasteiger charge is -2.13. The lowest BCUT2D eigenvalue weighted by Crippen LogP contribution is -2.07. The highest BCUT2D eigenvalue weighted by atomic mass is 14.8. The van der Waals surface area contributed by atoms with Crippen LogP contribution in [0, 0.1) is 12.3 Å². The fraction of sp³-hybridized carbons (Fsp3) is 0.133. The number of benzene rings is 2. The monoisotopic (exact) mass is 239 g/mol. The average molecular weight is 239 g/mol. The molecule has 3 nitrogen and oxygen atoms in total. The summed E-state index contributed by atoms with van der Waals surface area (Å²) < 4.78 is 0. The van der Waals surface area contributed by atoms with E-state index in [1.54, 1.807) is 0 Å². The maximum Gasteiger partial charge on any atom is 0.0705 e. The molecule has 0 aliphatic carbocycles. The molecule has 0 aliphatic rings. The number of hydrogen-bond acceptors (Lipinski definition) is 3. The minimum absolute atomic E-state index is 0.503. The van der Waals surface area contributed by atoms with Crippen LogP contribution in [0.5, 0.6) is 0 Å². The number of para-hydroxylation sites is 1. The van der Waals surface area contributed by atoms with Crippen LogP contribution in [-0.4, -0.2) is 12.8 Å². The van der Waals surface area contributed by atoms with Crippen LogP contribution in [0.2, 0.25) is 0 Å². The molecule has 0 saturated carbocycles. The molecule has 0 heterocycles. The second-order valence-corrected chi connectivity index (χ2v) is 4.24. The van der Waals surface area contributed by atoms with E-state index in [-0.39, 0.29) is 0 Å². The van der Waals surface area contributed by atoms with Crippen molar-refractivity contribution < 1.29 is 0 Å². The number of nitrogens with two attached hydrogens (primary N) is 1. The molecule has 3 heteroatoms. The summed E-state index contributed by atoms with van der Waals surface area (Å²) in [5.74, 6) is 0. The van der Waals surface area contributed by atoms with Gasteiger partial charge in [0.15, 0.2) is 0 Å². The summed E-state index contributed by atoms with van der Waals surface area (Å²) in [4.78, 5) is 0. The first kappa shape index (κ1) is 12.2. The molecule has 0 aliphatic heterocycles. The van der Waals surface area contributed by atoms with Gasteiger partial charge in [0.2, 0.25) is 0 Å². The summed E-state index contributed by atoms with van der Waals surface area (Å²) >= 11 is 0. The molecule has 2 rings (SSSR count). The zero-order valence-electron chi connectivity index (χ0n) is 10.6. The Morgan fingerprint density at radius 3 is 2.39 bits per heavy atom. The van der Waals surface area contributed by atoms with Crippen molar-refractivity contribution >= 4 is 17.1 Å². The van der Waals surface area contributed by atoms with E-state index < -0.39 is 0 Å². The van der Waals surface area contributed by atoms with E-state index in [1.807, 2.05) is 56.4 Å². The SMILES string of the molecule is CNc1c(C)cccc1C(=N)c1ccc(N)cc1. The van der Waals surface area contributed by atoms with Gasteiger partial charge in [0.25, 0.3) is 0 Å². The third-order valence-electron chi connectivity index (χ3n) is 2.99. The first-order chi connectivity index (χ1) is 8.63. The highest BCUT2D eigenvalue weighted by Gasteiger charge is 2.10. The van der Waals surface area contributed by atoms with Crippen molar-refractivity contribution in [1.82, 2.24) is 0 Å². The summed E-state index contributed by atoms with van der Waals surface area (Å²) in [6.07, 6.45) is 0. The topological polar surface area (TPSA) is 61.9 Å². The largest absolute Gasteiger partial charge is 0.399 e. The number of rotatable bonds is 3. The number of nitrogens with one attached hydrogen (secondary N) is 2. The Labute approximate surface area is 107 Å². The third-order valence-corrected chi connectivity index (χ3v) is 2.99. The summed E-state index contributed by atoms with van der Waals surface area (Å²) in [6.45, 7) is 2.03. The Hall–Kier alpha value is -2.29. The summed E-state index contributed by atoms with van der Waals surface area (Å²) in [6, 6.07) is 13.3. The van der Waals surface area contributed by atoms with Crippen LogP contribution in [0.25, 0.3) is 0 Å². The van der Waals surface area contributed by atoms with Crippen LogP contribution >= 0.6 is 0 Å². The molecule has 92 valence electrons. The van der Waals surface area contributed by atoms with E-state index in [9.17, 15) is 0 Å². The number of hydrogen-bond donors (Lipinski definition) is 3. The zero-order chi connectivity index (χ0) is 13.1. The lowest BCUT2D eigenvalue weighted by atomic mass is 9.98. The Morgan fingerprint density at radius 1 is 1.11 bits per heavy atom. The van der Waals surface area contributed by atoms with Crippen LogP contribution in [0.1, 0.15) is 16.7 Å². The van der Waals surface area contributed by atoms with E-state index in [0.29, 0.717) is 11.4 Å². The van der Waals surface area contributed by atoms with Gasteiger partial charge in [-0.2, -0.15) is 0 Å². The predicted molar refractivity (Wildman–Crippen MR) is 77.5 cm³/mol. The molecule has 0 amide bonds. The summed E-state index contributed by atoms with van der Waals surface area (Å²) in [5, 5.41) is 11.5. The van der Waals surface area contributed by atoms with Gasteiger partial charge in [-0.05, 0) is 24.6 Å². The molecular weight excluding hydrogens is 222 g/mol. The van der Waals surface area contributed by atoms with Gasteiger partial charge in [0.05, 0.1) is 5.71 Å². The number of aryl methyl sites for hydroxylation is 1. The Kier molecular flexibility index (Phi) is 3.33. The van der Waals surface area contributed by atoms with Crippen molar-refractivity contribution in [3.8, 4) is 0 Å². The van der Waals surface area contributed by atoms with Crippen molar-refractivity contribution in [3.63, 3.8) is 0 Å². The van der Waals surface area contributed by atoms with Gasteiger partial charge in [-0.25, -0.2) is 0 Å². The standard InChI is InChI=1S/C15H17N3/c1-10-4-3-5-13(15(10)18-2)14(17)11-6-8-12(16)9-7-11/h3-9,17-18H,16H2,1-2H3. The van der Waals surface area contributed by atoms with E-state index in [0.717, 1.165) is 22.4 Å². The minimum atomic E-state index is 0.503. The molecule has 0 fully saturated rings. The highest BCUT2D eigenvalue weighted by molar-refractivity contribution is 6.14. The van der Waals surface area contributed by atoms with Gasteiger partial charge in [-0.3, -0.25) is 5.41 Å². The van der Waals surface area contributed by atoms with Gasteiger partial charge in [-0.1, -0.05) is 30.3 Å². The fourth-order valence-electron chi connectivity index (χ4n) is 2.01. The first-order valence-corrected chi connectivity index (χ1v) is 5.85. The molecule has 0 bridgehead atoms. The Morgan fingerprint density at radius 2 is 1.78 bits per heavy atom. The maximum atomic E-state index is 8.30. The number of nitrogen functional groups attached to an aromatic ring is 1. The zero-order valence-corrected chi connectivity index (χ0v) is 10.6. The average Bonchev–Trinajstić information content (AvgIpc) is 2.38. The molecule has 0 radical (unpaired) electrons. The third kappa shape index (κ3) is 2.20. The molecule has 0 saturated heterocycles. The summed E-state index contributed by atoms with van der Waals surface area (Å²) in [7, 11) is 1.88. The maximum absolute atomic E-state index is 8.30. The van der Waals surface area contributed by atoms with E-state index >= 15 is 0 Å². The van der Waals surface area contributed by atoms with Gasteiger partial charge >= 0.3 is 0 Å². The predicted octanol–water partition coefficient (Wildman–Crippen LogP) is 3.04. The van der Waals surface area contributed by atoms with Crippen LogP contribution < -0.4 is 11.1 Å². The number of anilines is 2. The molecule has 0 spiro atoms. The smallest absolute Gasteiger partial charge is 0.0705 e. The van der Waals surface area contributed by atoms with Crippen molar-refractivity contribution in [3.05, 3.63) is 59.2 Å². The molecule has 4 N–H and O–H groups in total. The van der Waals surface area contributed by atoms with Crippen molar-refractivity contribution in [2.75, 3.05) is 18.1 Å². The van der Waals surface area contributed by atoms with Crippen molar-refractivity contribution in [2.24, 2.45) is 0 Å². The van der Waals surface area contributed by atoms with Crippen LogP contribution in [0.4, 0.5) is 11.4 Å². The first-order valence-electron chi connectivity index (χ1n) is 5.85. The molecule has 0 atom stereocenters. The molecule has 2 aromatic carbocycles. The second-order valence-electron chi connectivity index (χ2n) is 4.24. The quantitative estimate of drug-likeness (QED) is 0.569. The molecule has 0 aromatic heterocycles. The summed E-state index contributed by atoms with van der Waals surface area (Å²) in [5.41, 5.74) is 10.8. The van der Waals surface area contributed by atoms with Crippen molar-refractivity contribution in [2.45, 2.75) is 6.92 Å². The highest BCUT2D eigenvalue weighted by Crippen LogP contribution is 2.23. The lowest BCUT2D eigenvalue weighted by molar-refractivity contribution is 1.37. The van der Waals surface area contributed by atoms with Gasteiger partial charge in [0, 0.05) is 29.5 Å². The van der Waals surface area contributed by atoms with Crippen LogP contribution in [0.3, 0.4) is 0 Å². The normalized spacial score (nSPS) is 10.1. The van der Waals surface area contributed by atoms with Crippen LogP contribution in [0.15, 0.2) is 42.5 Å². The Bertz CT molecular complexity index is 571. The van der Waals surface area contributed by atoms with Crippen LogP contribution in [-0.2, 0) is 0 Å². The molecule has 18 heavy (non-hydrogen) atoms. The molecule has 2 aromatic rings. The van der Waals surface area contributed by atoms with Crippen molar-refractivity contribution in [1.29, 1.82) is 5.41 Å². The molecular formula is C15H17N3. The Balaban J connectivity index is 2.46. The molecule has 0 unspecified atom stereocenters. The van der Waals surface area contributed by atoms with Gasteiger partial charge in [-0.15, -0.1) is 0 Å². The van der Waals surface area contributed by atoms with Gasteiger partial charge < -0.3 is 11.1 Å². The second kappa shape index (κ2) is 4.92. The van der Waals surface area contributed by atoms with Gasteiger partial charge in [0.1, 0.15) is 0 Å². The van der Waals surface area contributed by atoms with E-state index in [4.69, 9.17) is 11.1 Å². The van der Waals surface area contributed by atoms with E-state index in [2.05, 4.69) is 5.32 Å². The van der Waals surface area contributed by atoms with E-state index in [1.165, 1.54) is 0 Å². The fourth-order valence-corrected chi connectivity index (χ4v) is 2.01. The minimum Gasteiger partial charge on any atom is -0.399 e.